The van der Waals surface area contributed by atoms with Crippen LogP contribution in [0.3, 0.4) is 0 Å². The smallest absolute Gasteiger partial charge is 0.119 e. The molecule has 0 unspecified atom stereocenters. The maximum absolute atomic E-state index is 5.02. The van der Waals surface area contributed by atoms with Crippen molar-refractivity contribution >= 4 is 11.3 Å². The summed E-state index contributed by atoms with van der Waals surface area (Å²) in [7, 11) is 1.71. The molecule has 0 atom stereocenters. The van der Waals surface area contributed by atoms with Gasteiger partial charge in [0, 0.05) is 12.5 Å². The van der Waals surface area contributed by atoms with Gasteiger partial charge in [0.2, 0.25) is 0 Å². The SMILES string of the molecule is COCc1nc(CC2CNC2)cs1. The molecule has 1 aliphatic rings. The molecule has 3 nitrogen and oxygen atoms in total. The third-order valence-electron chi connectivity index (χ3n) is 2.23. The van der Waals surface area contributed by atoms with E-state index in [2.05, 4.69) is 15.7 Å². The highest BCUT2D eigenvalue weighted by Gasteiger charge is 2.18. The monoisotopic (exact) mass is 198 g/mol. The van der Waals surface area contributed by atoms with E-state index in [1.165, 1.54) is 5.69 Å². The minimum atomic E-state index is 0.646. The zero-order valence-corrected chi connectivity index (χ0v) is 8.56. The second-order valence-electron chi connectivity index (χ2n) is 3.39. The van der Waals surface area contributed by atoms with E-state index in [4.69, 9.17) is 4.74 Å². The van der Waals surface area contributed by atoms with Crippen molar-refractivity contribution in [3.63, 3.8) is 0 Å². The zero-order valence-electron chi connectivity index (χ0n) is 7.75. The van der Waals surface area contributed by atoms with Gasteiger partial charge in [-0.15, -0.1) is 11.3 Å². The molecule has 0 amide bonds. The Bertz CT molecular complexity index is 270. The second-order valence-corrected chi connectivity index (χ2v) is 4.34. The molecule has 0 aromatic carbocycles. The van der Waals surface area contributed by atoms with E-state index >= 15 is 0 Å². The lowest BCUT2D eigenvalue weighted by atomic mass is 9.98. The maximum atomic E-state index is 5.02. The molecule has 2 heterocycles. The first-order valence-corrected chi connectivity index (χ1v) is 5.39. The van der Waals surface area contributed by atoms with E-state index in [1.807, 2.05) is 0 Å². The molecule has 72 valence electrons. The summed E-state index contributed by atoms with van der Waals surface area (Å²) in [5.74, 6) is 0.803. The number of nitrogens with zero attached hydrogens (tertiary/aromatic N) is 1. The Morgan fingerprint density at radius 3 is 3.15 bits per heavy atom. The van der Waals surface area contributed by atoms with Gasteiger partial charge < -0.3 is 10.1 Å². The summed E-state index contributed by atoms with van der Waals surface area (Å²) in [4.78, 5) is 4.49. The Hall–Kier alpha value is -0.450. The van der Waals surface area contributed by atoms with Gasteiger partial charge in [-0.2, -0.15) is 0 Å². The van der Waals surface area contributed by atoms with Crippen molar-refractivity contribution in [2.45, 2.75) is 13.0 Å². The summed E-state index contributed by atoms with van der Waals surface area (Å²) in [6, 6.07) is 0. The molecule has 1 aromatic heterocycles. The van der Waals surface area contributed by atoms with Crippen molar-refractivity contribution in [1.82, 2.24) is 10.3 Å². The molecule has 2 rings (SSSR count). The van der Waals surface area contributed by atoms with Crippen molar-refractivity contribution in [3.05, 3.63) is 16.1 Å². The van der Waals surface area contributed by atoms with Gasteiger partial charge in [0.05, 0.1) is 12.3 Å². The molecule has 4 heteroatoms. The van der Waals surface area contributed by atoms with E-state index in [0.717, 1.165) is 30.4 Å². The molecule has 0 aliphatic carbocycles. The molecular weight excluding hydrogens is 184 g/mol. The van der Waals surface area contributed by atoms with Gasteiger partial charge >= 0.3 is 0 Å². The Morgan fingerprint density at radius 2 is 2.54 bits per heavy atom. The van der Waals surface area contributed by atoms with Gasteiger partial charge in [-0.3, -0.25) is 0 Å². The van der Waals surface area contributed by atoms with Gasteiger partial charge in [0.25, 0.3) is 0 Å². The number of methoxy groups -OCH3 is 1. The van der Waals surface area contributed by atoms with E-state index in [0.29, 0.717) is 6.61 Å². The van der Waals surface area contributed by atoms with Crippen LogP contribution in [0.4, 0.5) is 0 Å². The lowest BCUT2D eigenvalue weighted by Crippen LogP contribution is -2.43. The van der Waals surface area contributed by atoms with Gasteiger partial charge in [0.15, 0.2) is 0 Å². The van der Waals surface area contributed by atoms with Crippen LogP contribution < -0.4 is 5.32 Å². The van der Waals surface area contributed by atoms with E-state index < -0.39 is 0 Å². The van der Waals surface area contributed by atoms with E-state index in [-0.39, 0.29) is 0 Å². The lowest BCUT2D eigenvalue weighted by Gasteiger charge is -2.26. The molecule has 0 radical (unpaired) electrons. The quantitative estimate of drug-likeness (QED) is 0.785. The van der Waals surface area contributed by atoms with Crippen LogP contribution in [0.15, 0.2) is 5.38 Å². The highest BCUT2D eigenvalue weighted by atomic mass is 32.1. The predicted molar refractivity (Wildman–Crippen MR) is 52.9 cm³/mol. The largest absolute Gasteiger partial charge is 0.378 e. The minimum Gasteiger partial charge on any atom is -0.378 e. The summed E-state index contributed by atoms with van der Waals surface area (Å²) >= 11 is 1.69. The van der Waals surface area contributed by atoms with Crippen molar-refractivity contribution in [3.8, 4) is 0 Å². The molecule has 0 saturated carbocycles. The number of thiazole rings is 1. The van der Waals surface area contributed by atoms with E-state index in [9.17, 15) is 0 Å². The Kier molecular flexibility index (Phi) is 2.93. The molecule has 0 bridgehead atoms. The van der Waals surface area contributed by atoms with Gasteiger partial charge in [0.1, 0.15) is 5.01 Å². The fraction of sp³-hybridized carbons (Fsp3) is 0.667. The van der Waals surface area contributed by atoms with Crippen LogP contribution in [0.5, 0.6) is 0 Å². The van der Waals surface area contributed by atoms with Crippen LogP contribution in [-0.4, -0.2) is 25.2 Å². The highest BCUT2D eigenvalue weighted by molar-refractivity contribution is 7.09. The first-order valence-electron chi connectivity index (χ1n) is 4.51. The number of rotatable bonds is 4. The first-order chi connectivity index (χ1) is 6.38. The standard InChI is InChI=1S/C9H14N2OS/c1-12-5-9-11-8(6-13-9)2-7-3-10-4-7/h6-7,10H,2-5H2,1H3. The Balaban J connectivity index is 1.88. The fourth-order valence-corrected chi connectivity index (χ4v) is 2.20. The van der Waals surface area contributed by atoms with Crippen LogP contribution in [0.2, 0.25) is 0 Å². The average molecular weight is 198 g/mol. The zero-order chi connectivity index (χ0) is 9.10. The van der Waals surface area contributed by atoms with Crippen LogP contribution in [0, 0.1) is 5.92 Å². The topological polar surface area (TPSA) is 34.1 Å². The number of ether oxygens (including phenoxy) is 1. The number of nitrogens with one attached hydrogen (secondary N) is 1. The highest BCUT2D eigenvalue weighted by Crippen LogP contribution is 2.16. The third-order valence-corrected chi connectivity index (χ3v) is 3.10. The van der Waals surface area contributed by atoms with Crippen molar-refractivity contribution in [2.24, 2.45) is 5.92 Å². The molecule has 1 saturated heterocycles. The summed E-state index contributed by atoms with van der Waals surface area (Å²) in [5.41, 5.74) is 1.23. The summed E-state index contributed by atoms with van der Waals surface area (Å²) in [6.07, 6.45) is 1.12. The van der Waals surface area contributed by atoms with Crippen LogP contribution in [0.1, 0.15) is 10.7 Å². The summed E-state index contributed by atoms with van der Waals surface area (Å²) in [6.45, 7) is 2.95. The first kappa shape index (κ1) is 9.12. The molecule has 1 aromatic rings. The molecular formula is C9H14N2OS. The minimum absolute atomic E-state index is 0.646. The van der Waals surface area contributed by atoms with Crippen molar-refractivity contribution < 1.29 is 4.74 Å². The summed E-state index contributed by atoms with van der Waals surface area (Å²) < 4.78 is 5.02. The normalized spacial score (nSPS) is 17.3. The molecule has 1 aliphatic heterocycles. The van der Waals surface area contributed by atoms with E-state index in [1.54, 1.807) is 18.4 Å². The predicted octanol–water partition coefficient (Wildman–Crippen LogP) is 1.05. The Labute approximate surface area is 82.1 Å². The number of hydrogen-bond acceptors (Lipinski definition) is 4. The number of hydrogen-bond donors (Lipinski definition) is 1. The van der Waals surface area contributed by atoms with Crippen LogP contribution >= 0.6 is 11.3 Å². The molecule has 13 heavy (non-hydrogen) atoms. The number of aromatic nitrogens is 1. The third kappa shape index (κ3) is 2.27. The summed E-state index contributed by atoms with van der Waals surface area (Å²) in [5, 5.41) is 6.50. The van der Waals surface area contributed by atoms with Gasteiger partial charge in [-0.1, -0.05) is 0 Å². The fourth-order valence-electron chi connectivity index (χ4n) is 1.42. The maximum Gasteiger partial charge on any atom is 0.119 e. The lowest BCUT2D eigenvalue weighted by molar-refractivity contribution is 0.184. The Morgan fingerprint density at radius 1 is 1.69 bits per heavy atom. The van der Waals surface area contributed by atoms with Crippen molar-refractivity contribution in [2.75, 3.05) is 20.2 Å². The van der Waals surface area contributed by atoms with Crippen molar-refractivity contribution in [1.29, 1.82) is 0 Å². The van der Waals surface area contributed by atoms with Gasteiger partial charge in [-0.25, -0.2) is 4.98 Å². The average Bonchev–Trinajstić information content (AvgIpc) is 2.46. The van der Waals surface area contributed by atoms with Crippen LogP contribution in [0.25, 0.3) is 0 Å². The molecule has 0 spiro atoms. The molecule has 1 N–H and O–H groups in total. The van der Waals surface area contributed by atoms with Gasteiger partial charge in [-0.05, 0) is 25.4 Å². The molecule has 1 fully saturated rings. The van der Waals surface area contributed by atoms with Crippen LogP contribution in [-0.2, 0) is 17.8 Å². The second kappa shape index (κ2) is 4.17.